The first-order valence-electron chi connectivity index (χ1n) is 9.27. The van der Waals surface area contributed by atoms with Gasteiger partial charge in [-0.25, -0.2) is 4.98 Å². The van der Waals surface area contributed by atoms with Crippen LogP contribution in [0.1, 0.15) is 12.0 Å². The van der Waals surface area contributed by atoms with Crippen LogP contribution in [0.3, 0.4) is 0 Å². The molecule has 0 saturated carbocycles. The summed E-state index contributed by atoms with van der Waals surface area (Å²) in [6.07, 6.45) is 2.65. The van der Waals surface area contributed by atoms with Gasteiger partial charge in [-0.3, -0.25) is 9.59 Å². The molecule has 2 heterocycles. The molecule has 0 spiro atoms. The quantitative estimate of drug-likeness (QED) is 0.713. The molecule has 0 radical (unpaired) electrons. The molecule has 1 unspecified atom stereocenters. The average Bonchev–Trinajstić information content (AvgIpc) is 3.24. The van der Waals surface area contributed by atoms with Crippen molar-refractivity contribution < 1.29 is 14.7 Å². The van der Waals surface area contributed by atoms with Gasteiger partial charge in [0.25, 0.3) is 0 Å². The lowest BCUT2D eigenvalue weighted by Crippen LogP contribution is -2.30. The van der Waals surface area contributed by atoms with Crippen molar-refractivity contribution in [2.24, 2.45) is 13.0 Å². The lowest BCUT2D eigenvalue weighted by Gasteiger charge is -2.16. The monoisotopic (exact) mass is 378 g/mol. The highest BCUT2D eigenvalue weighted by Gasteiger charge is 2.34. The second-order valence-corrected chi connectivity index (χ2v) is 7.21. The first-order chi connectivity index (χ1) is 13.5. The lowest BCUT2D eigenvalue weighted by atomic mass is 10.1. The standard InChI is InChI=1S/C21H22N4O3/c1-24-13-22-18-11-16(4-7-19(18)24)23-21(28)15-10-20(27)25(12-15)9-8-14-2-5-17(26)6-3-14/h2-7,11,13,15,26H,8-10,12H2,1H3,(H,23,28). The summed E-state index contributed by atoms with van der Waals surface area (Å²) < 4.78 is 1.92. The molecule has 2 N–H and O–H groups in total. The van der Waals surface area contributed by atoms with E-state index in [0.717, 1.165) is 16.6 Å². The number of aryl methyl sites for hydroxylation is 1. The number of carbonyl (C=O) groups excluding carboxylic acids is 2. The van der Waals surface area contributed by atoms with E-state index in [9.17, 15) is 14.7 Å². The van der Waals surface area contributed by atoms with Gasteiger partial charge < -0.3 is 19.9 Å². The molecule has 1 saturated heterocycles. The molecule has 1 fully saturated rings. The van der Waals surface area contributed by atoms with Gasteiger partial charge in [-0.1, -0.05) is 12.1 Å². The molecule has 7 heteroatoms. The molecule has 0 aliphatic carbocycles. The van der Waals surface area contributed by atoms with Crippen molar-refractivity contribution in [3.63, 3.8) is 0 Å². The number of imidazole rings is 1. The minimum atomic E-state index is -0.355. The number of anilines is 1. The van der Waals surface area contributed by atoms with Crippen molar-refractivity contribution in [2.75, 3.05) is 18.4 Å². The number of phenolic OH excluding ortho intramolecular Hbond substituents is 1. The Morgan fingerprint density at radius 3 is 2.82 bits per heavy atom. The van der Waals surface area contributed by atoms with Crippen LogP contribution in [-0.2, 0) is 23.1 Å². The SMILES string of the molecule is Cn1cnc2cc(NC(=O)C3CC(=O)N(CCc4ccc(O)cc4)C3)ccc21. The highest BCUT2D eigenvalue weighted by atomic mass is 16.3. The van der Waals surface area contributed by atoms with Gasteiger partial charge in [-0.05, 0) is 42.3 Å². The molecule has 1 aliphatic rings. The number of benzene rings is 2. The Bertz CT molecular complexity index is 1030. The van der Waals surface area contributed by atoms with Crippen molar-refractivity contribution in [1.82, 2.24) is 14.5 Å². The van der Waals surface area contributed by atoms with E-state index < -0.39 is 0 Å². The first kappa shape index (κ1) is 18.0. The Morgan fingerprint density at radius 1 is 1.25 bits per heavy atom. The van der Waals surface area contributed by atoms with Gasteiger partial charge in [-0.2, -0.15) is 0 Å². The highest BCUT2D eigenvalue weighted by molar-refractivity contribution is 5.98. The summed E-state index contributed by atoms with van der Waals surface area (Å²) >= 11 is 0. The molecule has 0 bridgehead atoms. The van der Waals surface area contributed by atoms with Gasteiger partial charge in [0.05, 0.1) is 23.3 Å². The predicted octanol–water partition coefficient (Wildman–Crippen LogP) is 2.31. The van der Waals surface area contributed by atoms with E-state index in [1.54, 1.807) is 23.4 Å². The van der Waals surface area contributed by atoms with E-state index in [0.29, 0.717) is 25.2 Å². The summed E-state index contributed by atoms with van der Waals surface area (Å²) in [6.45, 7) is 0.988. The molecular formula is C21H22N4O3. The molecule has 1 atom stereocenters. The van der Waals surface area contributed by atoms with Crippen LogP contribution < -0.4 is 5.32 Å². The molecule has 28 heavy (non-hydrogen) atoms. The van der Waals surface area contributed by atoms with Crippen molar-refractivity contribution in [1.29, 1.82) is 0 Å². The fourth-order valence-electron chi connectivity index (χ4n) is 3.55. The molecule has 2 amide bonds. The van der Waals surface area contributed by atoms with Crippen LogP contribution in [0.5, 0.6) is 5.75 Å². The Labute approximate surface area is 162 Å². The van der Waals surface area contributed by atoms with Gasteiger partial charge in [-0.15, -0.1) is 0 Å². The zero-order valence-electron chi connectivity index (χ0n) is 15.6. The molecular weight excluding hydrogens is 356 g/mol. The van der Waals surface area contributed by atoms with E-state index >= 15 is 0 Å². The van der Waals surface area contributed by atoms with Crippen LogP contribution in [0.25, 0.3) is 11.0 Å². The molecule has 144 valence electrons. The number of nitrogens with one attached hydrogen (secondary N) is 1. The molecule has 3 aromatic rings. The van der Waals surface area contributed by atoms with Gasteiger partial charge in [0.1, 0.15) is 5.75 Å². The van der Waals surface area contributed by atoms with E-state index in [-0.39, 0.29) is 29.9 Å². The van der Waals surface area contributed by atoms with Crippen LogP contribution in [0.15, 0.2) is 48.8 Å². The van der Waals surface area contributed by atoms with Crippen molar-refractivity contribution in [3.8, 4) is 5.75 Å². The van der Waals surface area contributed by atoms with E-state index in [2.05, 4.69) is 10.3 Å². The highest BCUT2D eigenvalue weighted by Crippen LogP contribution is 2.22. The normalized spacial score (nSPS) is 16.7. The predicted molar refractivity (Wildman–Crippen MR) is 106 cm³/mol. The van der Waals surface area contributed by atoms with E-state index in [1.165, 1.54) is 0 Å². The number of amides is 2. The molecule has 2 aromatic carbocycles. The van der Waals surface area contributed by atoms with Crippen molar-refractivity contribution >= 4 is 28.5 Å². The van der Waals surface area contributed by atoms with Crippen molar-refractivity contribution in [2.45, 2.75) is 12.8 Å². The smallest absolute Gasteiger partial charge is 0.229 e. The maximum absolute atomic E-state index is 12.6. The summed E-state index contributed by atoms with van der Waals surface area (Å²) in [5.41, 5.74) is 3.54. The third-order valence-electron chi connectivity index (χ3n) is 5.18. The summed E-state index contributed by atoms with van der Waals surface area (Å²) in [6, 6.07) is 12.6. The Morgan fingerprint density at radius 2 is 2.04 bits per heavy atom. The van der Waals surface area contributed by atoms with E-state index in [4.69, 9.17) is 0 Å². The van der Waals surface area contributed by atoms with Crippen LogP contribution in [0.2, 0.25) is 0 Å². The second kappa shape index (κ2) is 7.34. The third kappa shape index (κ3) is 3.69. The summed E-state index contributed by atoms with van der Waals surface area (Å²) in [5.74, 6) is -0.275. The maximum atomic E-state index is 12.6. The Hall–Kier alpha value is -3.35. The van der Waals surface area contributed by atoms with Crippen LogP contribution in [0.4, 0.5) is 5.69 Å². The van der Waals surface area contributed by atoms with E-state index in [1.807, 2.05) is 41.9 Å². The maximum Gasteiger partial charge on any atom is 0.229 e. The average molecular weight is 378 g/mol. The Balaban J connectivity index is 1.35. The van der Waals surface area contributed by atoms with Gasteiger partial charge in [0.2, 0.25) is 11.8 Å². The number of aromatic hydroxyl groups is 1. The van der Waals surface area contributed by atoms with Gasteiger partial charge in [0.15, 0.2) is 0 Å². The minimum Gasteiger partial charge on any atom is -0.508 e. The second-order valence-electron chi connectivity index (χ2n) is 7.21. The summed E-state index contributed by atoms with van der Waals surface area (Å²) in [7, 11) is 1.92. The zero-order chi connectivity index (χ0) is 19.7. The number of fused-ring (bicyclic) bond motifs is 1. The van der Waals surface area contributed by atoms with Gasteiger partial charge in [0, 0.05) is 32.2 Å². The number of nitrogens with zero attached hydrogens (tertiary/aromatic N) is 3. The minimum absolute atomic E-state index is 0.000827. The molecule has 1 aliphatic heterocycles. The molecule has 4 rings (SSSR count). The first-order valence-corrected chi connectivity index (χ1v) is 9.27. The topological polar surface area (TPSA) is 87.5 Å². The fourth-order valence-corrected chi connectivity index (χ4v) is 3.55. The van der Waals surface area contributed by atoms with Gasteiger partial charge >= 0.3 is 0 Å². The van der Waals surface area contributed by atoms with Crippen LogP contribution in [-0.4, -0.2) is 44.5 Å². The molecule has 7 nitrogen and oxygen atoms in total. The summed E-state index contributed by atoms with van der Waals surface area (Å²) in [4.78, 5) is 30.9. The number of hydrogen-bond acceptors (Lipinski definition) is 4. The fraction of sp³-hybridized carbons (Fsp3) is 0.286. The zero-order valence-corrected chi connectivity index (χ0v) is 15.6. The summed E-state index contributed by atoms with van der Waals surface area (Å²) in [5, 5.41) is 12.3. The number of aromatic nitrogens is 2. The third-order valence-corrected chi connectivity index (χ3v) is 5.18. The lowest BCUT2D eigenvalue weighted by molar-refractivity contribution is -0.128. The van der Waals surface area contributed by atoms with Crippen LogP contribution >= 0.6 is 0 Å². The van der Waals surface area contributed by atoms with Crippen LogP contribution in [0, 0.1) is 5.92 Å². The number of likely N-dealkylation sites (tertiary alicyclic amines) is 1. The Kier molecular flexibility index (Phi) is 4.73. The number of rotatable bonds is 5. The van der Waals surface area contributed by atoms with Crippen molar-refractivity contribution in [3.05, 3.63) is 54.4 Å². The number of hydrogen-bond donors (Lipinski definition) is 2. The number of carbonyl (C=O) groups is 2. The number of phenols is 1. The molecule has 1 aromatic heterocycles. The largest absolute Gasteiger partial charge is 0.508 e.